The molecule has 0 amide bonds. The Morgan fingerprint density at radius 3 is 2.43 bits per heavy atom. The van der Waals surface area contributed by atoms with Gasteiger partial charge in [-0.25, -0.2) is 0 Å². The van der Waals surface area contributed by atoms with Gasteiger partial charge >= 0.3 is 0 Å². The van der Waals surface area contributed by atoms with Crippen molar-refractivity contribution in [3.63, 3.8) is 0 Å². The summed E-state index contributed by atoms with van der Waals surface area (Å²) < 4.78 is 0. The van der Waals surface area contributed by atoms with Gasteiger partial charge in [0.25, 0.3) is 0 Å². The lowest BCUT2D eigenvalue weighted by atomic mass is 9.76. The molecule has 0 heteroatoms. The molecule has 0 spiro atoms. The summed E-state index contributed by atoms with van der Waals surface area (Å²) in [4.78, 5) is 0. The molecule has 3 aliphatic rings. The fraction of sp³-hybridized carbons (Fsp3) is 1.00. The second kappa shape index (κ2) is 3.25. The van der Waals surface area contributed by atoms with Crippen molar-refractivity contribution < 1.29 is 0 Å². The van der Waals surface area contributed by atoms with E-state index in [-0.39, 0.29) is 0 Å². The van der Waals surface area contributed by atoms with Crippen LogP contribution in [0.4, 0.5) is 0 Å². The smallest absolute Gasteiger partial charge is 0.0324 e. The molecule has 0 aromatic heterocycles. The lowest BCUT2D eigenvalue weighted by molar-refractivity contribution is 0.195. The highest BCUT2D eigenvalue weighted by molar-refractivity contribution is 5.04. The molecule has 0 radical (unpaired) electrons. The SMILES string of the molecule is CCC1C2C3CCC(C3)C2C[C@@H]1CC. The summed E-state index contributed by atoms with van der Waals surface area (Å²) in [6.07, 6.45) is 9.29. The van der Waals surface area contributed by atoms with Crippen LogP contribution in [-0.4, -0.2) is 0 Å². The average molecular weight is 192 g/mol. The van der Waals surface area contributed by atoms with Gasteiger partial charge in [-0.2, -0.15) is 0 Å². The normalized spacial score (nSPS) is 55.3. The Bertz CT molecular complexity index is 220. The third kappa shape index (κ3) is 1.06. The van der Waals surface area contributed by atoms with Crippen molar-refractivity contribution in [2.24, 2.45) is 35.5 Å². The summed E-state index contributed by atoms with van der Waals surface area (Å²) in [5.74, 6) is 6.87. The Hall–Kier alpha value is 0. The van der Waals surface area contributed by atoms with Crippen LogP contribution in [-0.2, 0) is 0 Å². The van der Waals surface area contributed by atoms with E-state index in [1.165, 1.54) is 24.7 Å². The maximum absolute atomic E-state index is 2.43. The number of rotatable bonds is 2. The van der Waals surface area contributed by atoms with Crippen molar-refractivity contribution in [2.45, 2.75) is 52.4 Å². The summed E-state index contributed by atoms with van der Waals surface area (Å²) in [7, 11) is 0. The van der Waals surface area contributed by atoms with E-state index in [1.807, 2.05) is 0 Å². The summed E-state index contributed by atoms with van der Waals surface area (Å²) in [5, 5.41) is 0. The van der Waals surface area contributed by atoms with Gasteiger partial charge < -0.3 is 0 Å². The zero-order chi connectivity index (χ0) is 9.71. The van der Waals surface area contributed by atoms with E-state index in [4.69, 9.17) is 0 Å². The predicted octanol–water partition coefficient (Wildman–Crippen LogP) is 4.10. The van der Waals surface area contributed by atoms with Gasteiger partial charge in [-0.3, -0.25) is 0 Å². The largest absolute Gasteiger partial charge is 0.0651 e. The van der Waals surface area contributed by atoms with Gasteiger partial charge in [0.1, 0.15) is 0 Å². The molecule has 0 aliphatic heterocycles. The molecule has 5 unspecified atom stereocenters. The van der Waals surface area contributed by atoms with Crippen molar-refractivity contribution in [2.75, 3.05) is 0 Å². The van der Waals surface area contributed by atoms with Crippen LogP contribution in [0.5, 0.6) is 0 Å². The van der Waals surface area contributed by atoms with E-state index in [1.54, 1.807) is 25.7 Å². The van der Waals surface area contributed by atoms with E-state index in [9.17, 15) is 0 Å². The van der Waals surface area contributed by atoms with Gasteiger partial charge in [0.2, 0.25) is 0 Å². The van der Waals surface area contributed by atoms with E-state index >= 15 is 0 Å². The Morgan fingerprint density at radius 2 is 1.71 bits per heavy atom. The van der Waals surface area contributed by atoms with Gasteiger partial charge in [-0.05, 0) is 61.2 Å². The minimum atomic E-state index is 1.10. The third-order valence-corrected chi connectivity index (χ3v) is 5.83. The maximum atomic E-state index is 2.43. The molecule has 0 nitrogen and oxygen atoms in total. The first-order valence-corrected chi connectivity index (χ1v) is 6.85. The lowest BCUT2D eigenvalue weighted by Gasteiger charge is -2.29. The van der Waals surface area contributed by atoms with Crippen LogP contribution in [0.25, 0.3) is 0 Å². The summed E-state index contributed by atoms with van der Waals surface area (Å²) in [6, 6.07) is 0. The average Bonchev–Trinajstić information content (AvgIpc) is 2.87. The number of hydrogen-bond donors (Lipinski definition) is 0. The first-order valence-electron chi connectivity index (χ1n) is 6.85. The molecule has 0 heterocycles. The Kier molecular flexibility index (Phi) is 2.15. The minimum absolute atomic E-state index is 1.10. The molecule has 6 atom stereocenters. The van der Waals surface area contributed by atoms with E-state index in [2.05, 4.69) is 13.8 Å². The van der Waals surface area contributed by atoms with E-state index < -0.39 is 0 Å². The quantitative estimate of drug-likeness (QED) is 0.618. The van der Waals surface area contributed by atoms with Crippen molar-refractivity contribution >= 4 is 0 Å². The molecule has 3 fully saturated rings. The monoisotopic (exact) mass is 192 g/mol. The summed E-state index contributed by atoms with van der Waals surface area (Å²) in [5.41, 5.74) is 0. The second-order valence-corrected chi connectivity index (χ2v) is 6.05. The summed E-state index contributed by atoms with van der Waals surface area (Å²) in [6.45, 7) is 4.85. The minimum Gasteiger partial charge on any atom is -0.0651 e. The van der Waals surface area contributed by atoms with Gasteiger partial charge in [0.05, 0.1) is 0 Å². The van der Waals surface area contributed by atoms with Crippen molar-refractivity contribution in [3.8, 4) is 0 Å². The third-order valence-electron chi connectivity index (χ3n) is 5.83. The maximum Gasteiger partial charge on any atom is -0.0324 e. The molecule has 0 N–H and O–H groups in total. The number of fused-ring (bicyclic) bond motifs is 5. The predicted molar refractivity (Wildman–Crippen MR) is 60.0 cm³/mol. The molecule has 14 heavy (non-hydrogen) atoms. The molecular weight excluding hydrogens is 168 g/mol. The second-order valence-electron chi connectivity index (χ2n) is 6.05. The standard InChI is InChI=1S/C14H24/c1-3-9-8-13-10-5-6-11(7-10)14(13)12(9)4-2/h9-14H,3-8H2,1-2H3/t9-,10?,11?,12?,13?,14?/m0/s1. The van der Waals surface area contributed by atoms with Crippen molar-refractivity contribution in [1.29, 1.82) is 0 Å². The molecule has 0 aromatic rings. The molecule has 80 valence electrons. The van der Waals surface area contributed by atoms with E-state index in [0.29, 0.717) is 0 Å². The Labute approximate surface area is 88.5 Å². The highest BCUT2D eigenvalue weighted by Crippen LogP contribution is 2.63. The van der Waals surface area contributed by atoms with Crippen molar-refractivity contribution in [3.05, 3.63) is 0 Å². The van der Waals surface area contributed by atoms with Crippen LogP contribution in [0.15, 0.2) is 0 Å². The van der Waals surface area contributed by atoms with Crippen LogP contribution in [0.2, 0.25) is 0 Å². The Balaban J connectivity index is 1.84. The van der Waals surface area contributed by atoms with E-state index in [0.717, 1.165) is 23.7 Å². The topological polar surface area (TPSA) is 0 Å². The van der Waals surface area contributed by atoms with Crippen LogP contribution < -0.4 is 0 Å². The van der Waals surface area contributed by atoms with Crippen LogP contribution in [0.1, 0.15) is 52.4 Å². The fourth-order valence-electron chi connectivity index (χ4n) is 5.39. The highest BCUT2D eigenvalue weighted by Gasteiger charge is 2.55. The zero-order valence-corrected chi connectivity index (χ0v) is 9.71. The van der Waals surface area contributed by atoms with Gasteiger partial charge in [-0.15, -0.1) is 0 Å². The van der Waals surface area contributed by atoms with Crippen molar-refractivity contribution in [1.82, 2.24) is 0 Å². The fourth-order valence-corrected chi connectivity index (χ4v) is 5.39. The molecule has 0 aromatic carbocycles. The van der Waals surface area contributed by atoms with Gasteiger partial charge in [0, 0.05) is 0 Å². The van der Waals surface area contributed by atoms with Gasteiger partial charge in [0.15, 0.2) is 0 Å². The molecule has 3 saturated carbocycles. The first-order chi connectivity index (χ1) is 6.85. The highest BCUT2D eigenvalue weighted by atomic mass is 14.6. The zero-order valence-electron chi connectivity index (χ0n) is 9.71. The van der Waals surface area contributed by atoms with Crippen LogP contribution in [0.3, 0.4) is 0 Å². The first kappa shape index (κ1) is 9.24. The van der Waals surface area contributed by atoms with Crippen LogP contribution >= 0.6 is 0 Å². The Morgan fingerprint density at radius 1 is 0.929 bits per heavy atom. The van der Waals surface area contributed by atoms with Crippen LogP contribution in [0, 0.1) is 35.5 Å². The summed E-state index contributed by atoms with van der Waals surface area (Å²) >= 11 is 0. The lowest BCUT2D eigenvalue weighted by Crippen LogP contribution is -2.22. The molecular formula is C14H24. The van der Waals surface area contributed by atoms with Gasteiger partial charge in [-0.1, -0.05) is 26.7 Å². The molecule has 3 aliphatic carbocycles. The molecule has 0 saturated heterocycles. The molecule has 2 bridgehead atoms. The number of hydrogen-bond acceptors (Lipinski definition) is 0. The molecule has 3 rings (SSSR count).